The van der Waals surface area contributed by atoms with E-state index in [2.05, 4.69) is 0 Å². The molecule has 1 saturated heterocycles. The Labute approximate surface area is 154 Å². The van der Waals surface area contributed by atoms with Gasteiger partial charge in [-0.2, -0.15) is 0 Å². The number of carbonyl (C=O) groups is 3. The van der Waals surface area contributed by atoms with Gasteiger partial charge in [-0.05, 0) is 19.1 Å². The lowest BCUT2D eigenvalue weighted by molar-refractivity contribution is -0.136. The number of benzene rings is 1. The third-order valence-electron chi connectivity index (χ3n) is 3.90. The predicted octanol–water partition coefficient (Wildman–Crippen LogP) is 0.881. The van der Waals surface area contributed by atoms with Gasteiger partial charge in [0.25, 0.3) is 5.91 Å². The summed E-state index contributed by atoms with van der Waals surface area (Å²) in [6.07, 6.45) is 1.08. The first-order valence-corrected chi connectivity index (χ1v) is 9.79. The van der Waals surface area contributed by atoms with Crippen LogP contribution in [0.5, 0.6) is 0 Å². The zero-order chi connectivity index (χ0) is 19.1. The van der Waals surface area contributed by atoms with Gasteiger partial charge in [0.2, 0.25) is 0 Å². The fourth-order valence-electron chi connectivity index (χ4n) is 2.54. The smallest absolute Gasteiger partial charge is 0.409 e. The zero-order valence-electron chi connectivity index (χ0n) is 14.8. The van der Waals surface area contributed by atoms with Gasteiger partial charge in [-0.1, -0.05) is 12.1 Å². The lowest BCUT2D eigenvalue weighted by Crippen LogP contribution is -2.51. The molecule has 0 aromatic heterocycles. The van der Waals surface area contributed by atoms with E-state index in [4.69, 9.17) is 9.47 Å². The van der Waals surface area contributed by atoms with E-state index >= 15 is 0 Å². The molecule has 2 amide bonds. The van der Waals surface area contributed by atoms with E-state index in [9.17, 15) is 18.6 Å². The van der Waals surface area contributed by atoms with Crippen LogP contribution in [0.15, 0.2) is 29.2 Å². The molecule has 1 atom stereocenters. The normalized spacial score (nSPS) is 15.3. The standard InChI is InChI=1S/C17H22N2O6S/c1-3-24-17(22)19-10-8-18(9-11-19)15(20)12-25-16(21)13-6-4-5-7-14(13)26(2)23/h4-7H,3,8-12H2,1-2H3/t26-/m0/s1. The van der Waals surface area contributed by atoms with Crippen molar-refractivity contribution in [2.24, 2.45) is 0 Å². The first-order chi connectivity index (χ1) is 12.4. The average Bonchev–Trinajstić information content (AvgIpc) is 2.66. The molecule has 0 spiro atoms. The fraction of sp³-hybridized carbons (Fsp3) is 0.471. The maximum absolute atomic E-state index is 12.2. The molecule has 26 heavy (non-hydrogen) atoms. The van der Waals surface area contributed by atoms with Crippen LogP contribution in [0, 0.1) is 0 Å². The molecule has 1 aromatic carbocycles. The van der Waals surface area contributed by atoms with Gasteiger partial charge in [0.05, 0.1) is 27.9 Å². The van der Waals surface area contributed by atoms with Crippen molar-refractivity contribution in [2.75, 3.05) is 45.6 Å². The second-order valence-electron chi connectivity index (χ2n) is 5.59. The summed E-state index contributed by atoms with van der Waals surface area (Å²) < 4.78 is 21.7. The number of hydrogen-bond acceptors (Lipinski definition) is 6. The Hall–Kier alpha value is -2.42. The topological polar surface area (TPSA) is 93.2 Å². The quantitative estimate of drug-likeness (QED) is 0.702. The van der Waals surface area contributed by atoms with Gasteiger partial charge in [0, 0.05) is 32.4 Å². The molecular weight excluding hydrogens is 360 g/mol. The van der Waals surface area contributed by atoms with Crippen LogP contribution in [0.2, 0.25) is 0 Å². The molecule has 1 aliphatic rings. The minimum Gasteiger partial charge on any atom is -0.452 e. The highest BCUT2D eigenvalue weighted by atomic mass is 32.2. The minimum absolute atomic E-state index is 0.188. The monoisotopic (exact) mass is 382 g/mol. The summed E-state index contributed by atoms with van der Waals surface area (Å²) in [4.78, 5) is 39.5. The van der Waals surface area contributed by atoms with E-state index in [1.54, 1.807) is 25.1 Å². The first kappa shape index (κ1) is 19.9. The first-order valence-electron chi connectivity index (χ1n) is 8.23. The number of amides is 2. The lowest BCUT2D eigenvalue weighted by Gasteiger charge is -2.33. The molecule has 0 radical (unpaired) electrons. The number of esters is 1. The van der Waals surface area contributed by atoms with E-state index < -0.39 is 29.5 Å². The highest BCUT2D eigenvalue weighted by Gasteiger charge is 2.25. The van der Waals surface area contributed by atoms with Crippen molar-refractivity contribution >= 4 is 28.8 Å². The van der Waals surface area contributed by atoms with Crippen LogP contribution in [0.3, 0.4) is 0 Å². The van der Waals surface area contributed by atoms with Crippen molar-refractivity contribution in [2.45, 2.75) is 11.8 Å². The number of carbonyl (C=O) groups excluding carboxylic acids is 3. The Morgan fingerprint density at radius 3 is 2.27 bits per heavy atom. The predicted molar refractivity (Wildman–Crippen MR) is 94.2 cm³/mol. The average molecular weight is 382 g/mol. The lowest BCUT2D eigenvalue weighted by atomic mass is 10.2. The molecule has 142 valence electrons. The number of rotatable bonds is 5. The zero-order valence-corrected chi connectivity index (χ0v) is 15.6. The van der Waals surface area contributed by atoms with E-state index in [1.165, 1.54) is 22.1 Å². The Bertz CT molecular complexity index is 700. The summed E-state index contributed by atoms with van der Waals surface area (Å²) in [5.74, 6) is -1.02. The van der Waals surface area contributed by atoms with Crippen LogP contribution in [0.4, 0.5) is 4.79 Å². The van der Waals surface area contributed by atoms with Crippen molar-refractivity contribution in [3.8, 4) is 0 Å². The van der Waals surface area contributed by atoms with E-state index in [0.717, 1.165) is 0 Å². The van der Waals surface area contributed by atoms with E-state index in [0.29, 0.717) is 37.7 Å². The molecule has 0 unspecified atom stereocenters. The van der Waals surface area contributed by atoms with Gasteiger partial charge in [0.1, 0.15) is 0 Å². The van der Waals surface area contributed by atoms with Crippen LogP contribution >= 0.6 is 0 Å². The highest BCUT2D eigenvalue weighted by Crippen LogP contribution is 2.14. The Kier molecular flexibility index (Phi) is 7.14. The van der Waals surface area contributed by atoms with Gasteiger partial charge < -0.3 is 19.3 Å². The fourth-order valence-corrected chi connectivity index (χ4v) is 3.27. The molecule has 2 rings (SSSR count). The summed E-state index contributed by atoms with van der Waals surface area (Å²) in [7, 11) is -1.34. The van der Waals surface area contributed by atoms with Gasteiger partial charge in [0.15, 0.2) is 6.61 Å². The highest BCUT2D eigenvalue weighted by molar-refractivity contribution is 7.84. The SMILES string of the molecule is CCOC(=O)N1CCN(C(=O)COC(=O)c2ccccc2[S@](C)=O)CC1. The minimum atomic E-state index is -1.34. The number of ether oxygens (including phenoxy) is 2. The molecule has 0 aliphatic carbocycles. The summed E-state index contributed by atoms with van der Waals surface area (Å²) in [6, 6.07) is 6.43. The number of nitrogens with zero attached hydrogens (tertiary/aromatic N) is 2. The van der Waals surface area contributed by atoms with Gasteiger partial charge in [-0.15, -0.1) is 0 Å². The molecule has 0 N–H and O–H groups in total. The molecule has 0 saturated carbocycles. The third kappa shape index (κ3) is 5.04. The molecule has 9 heteroatoms. The summed E-state index contributed by atoms with van der Waals surface area (Å²) in [5.41, 5.74) is 0.188. The van der Waals surface area contributed by atoms with Crippen LogP contribution in [0.1, 0.15) is 17.3 Å². The maximum Gasteiger partial charge on any atom is 0.409 e. The van der Waals surface area contributed by atoms with Gasteiger partial charge in [-0.25, -0.2) is 9.59 Å². The van der Waals surface area contributed by atoms with Crippen LogP contribution in [-0.4, -0.2) is 77.6 Å². The second kappa shape index (κ2) is 9.33. The molecular formula is C17H22N2O6S. The van der Waals surface area contributed by atoms with Crippen molar-refractivity contribution in [3.63, 3.8) is 0 Å². The molecule has 1 aliphatic heterocycles. The van der Waals surface area contributed by atoms with Crippen LogP contribution in [0.25, 0.3) is 0 Å². The summed E-state index contributed by atoms with van der Waals surface area (Å²) >= 11 is 0. The van der Waals surface area contributed by atoms with Gasteiger partial charge in [-0.3, -0.25) is 9.00 Å². The van der Waals surface area contributed by atoms with Gasteiger partial charge >= 0.3 is 12.1 Å². The van der Waals surface area contributed by atoms with Crippen molar-refractivity contribution in [3.05, 3.63) is 29.8 Å². The summed E-state index contributed by atoms with van der Waals surface area (Å²) in [6.45, 7) is 3.08. The molecule has 0 bridgehead atoms. The molecule has 1 fully saturated rings. The third-order valence-corrected chi connectivity index (χ3v) is 4.88. The van der Waals surface area contributed by atoms with Crippen molar-refractivity contribution in [1.82, 2.24) is 9.80 Å². The molecule has 8 nitrogen and oxygen atoms in total. The van der Waals surface area contributed by atoms with Crippen molar-refractivity contribution in [1.29, 1.82) is 0 Å². The Morgan fingerprint density at radius 2 is 1.65 bits per heavy atom. The second-order valence-corrected chi connectivity index (χ2v) is 6.94. The van der Waals surface area contributed by atoms with E-state index in [1.807, 2.05) is 0 Å². The molecule has 1 aromatic rings. The largest absolute Gasteiger partial charge is 0.452 e. The molecule has 1 heterocycles. The number of piperazine rings is 1. The number of hydrogen-bond donors (Lipinski definition) is 0. The van der Waals surface area contributed by atoms with Crippen LogP contribution in [-0.2, 0) is 25.1 Å². The van der Waals surface area contributed by atoms with Crippen LogP contribution < -0.4 is 0 Å². The summed E-state index contributed by atoms with van der Waals surface area (Å²) in [5, 5.41) is 0. The Balaban J connectivity index is 1.85. The maximum atomic E-state index is 12.2. The Morgan fingerprint density at radius 1 is 1.04 bits per heavy atom. The van der Waals surface area contributed by atoms with E-state index in [-0.39, 0.29) is 11.5 Å². The van der Waals surface area contributed by atoms with Crippen molar-refractivity contribution < 1.29 is 28.1 Å².